The maximum absolute atomic E-state index is 11.0. The molecular formula is C9H9NO2S. The lowest BCUT2D eigenvalue weighted by Crippen LogP contribution is -2.15. The summed E-state index contributed by atoms with van der Waals surface area (Å²) in [5.41, 5.74) is 0.976. The van der Waals surface area contributed by atoms with E-state index < -0.39 is 0 Å². The van der Waals surface area contributed by atoms with Crippen LogP contribution in [0.25, 0.3) is 0 Å². The zero-order valence-electron chi connectivity index (χ0n) is 7.16. The Bertz CT molecular complexity index is 351. The van der Waals surface area contributed by atoms with Crippen LogP contribution < -0.4 is 10.1 Å². The molecule has 1 N–H and O–H groups in total. The van der Waals surface area contributed by atoms with Crippen LogP contribution in [0.3, 0.4) is 0 Å². The Morgan fingerprint density at radius 3 is 3.15 bits per heavy atom. The van der Waals surface area contributed by atoms with E-state index in [4.69, 9.17) is 4.74 Å². The Labute approximate surface area is 80.5 Å². The quantitative estimate of drug-likeness (QED) is 0.740. The minimum absolute atomic E-state index is 0.151. The van der Waals surface area contributed by atoms with Gasteiger partial charge in [0.25, 0.3) is 0 Å². The van der Waals surface area contributed by atoms with Gasteiger partial charge in [0.2, 0.25) is 5.12 Å². The third-order valence-electron chi connectivity index (χ3n) is 1.83. The largest absolute Gasteiger partial charge is 0.497 e. The standard InChI is InChI=1S/C9H9NO2S/c1-12-6-2-3-8-7(4-6)10-5-9(11)13-8/h2-4,10H,5H2,1H3. The Hall–Kier alpha value is -1.16. The molecule has 13 heavy (non-hydrogen) atoms. The molecule has 1 aliphatic rings. The van der Waals surface area contributed by atoms with Crippen molar-refractivity contribution in [3.63, 3.8) is 0 Å². The molecule has 0 amide bonds. The number of hydrogen-bond donors (Lipinski definition) is 1. The number of hydrogen-bond acceptors (Lipinski definition) is 4. The van der Waals surface area contributed by atoms with Crippen LogP contribution in [0.1, 0.15) is 0 Å². The lowest BCUT2D eigenvalue weighted by molar-refractivity contribution is -0.109. The van der Waals surface area contributed by atoms with Crippen LogP contribution in [0, 0.1) is 0 Å². The molecule has 2 rings (SSSR count). The minimum atomic E-state index is 0.151. The topological polar surface area (TPSA) is 38.3 Å². The predicted octanol–water partition coefficient (Wildman–Crippen LogP) is 1.74. The maximum atomic E-state index is 11.0. The van der Waals surface area contributed by atoms with E-state index in [-0.39, 0.29) is 5.12 Å². The van der Waals surface area contributed by atoms with Gasteiger partial charge in [0, 0.05) is 11.0 Å². The first-order valence-electron chi connectivity index (χ1n) is 3.92. The first kappa shape index (κ1) is 8.44. The second-order valence-corrected chi connectivity index (χ2v) is 3.79. The Morgan fingerprint density at radius 1 is 1.54 bits per heavy atom. The maximum Gasteiger partial charge on any atom is 0.212 e. The fourth-order valence-electron chi connectivity index (χ4n) is 1.19. The lowest BCUT2D eigenvalue weighted by atomic mass is 10.3. The van der Waals surface area contributed by atoms with Gasteiger partial charge in [0.1, 0.15) is 5.75 Å². The van der Waals surface area contributed by atoms with Crippen molar-refractivity contribution in [3.8, 4) is 5.75 Å². The summed E-state index contributed by atoms with van der Waals surface area (Å²) in [4.78, 5) is 12.0. The van der Waals surface area contributed by atoms with Crippen molar-refractivity contribution in [3.05, 3.63) is 18.2 Å². The highest BCUT2D eigenvalue weighted by molar-refractivity contribution is 8.14. The van der Waals surface area contributed by atoms with E-state index in [0.29, 0.717) is 6.54 Å². The third kappa shape index (κ3) is 1.62. The Morgan fingerprint density at radius 2 is 2.38 bits per heavy atom. The normalized spacial score (nSPS) is 14.7. The number of benzene rings is 1. The van der Waals surface area contributed by atoms with E-state index in [9.17, 15) is 4.79 Å². The number of nitrogens with one attached hydrogen (secondary N) is 1. The van der Waals surface area contributed by atoms with E-state index in [1.165, 1.54) is 11.8 Å². The van der Waals surface area contributed by atoms with Gasteiger partial charge in [-0.3, -0.25) is 4.79 Å². The van der Waals surface area contributed by atoms with Crippen molar-refractivity contribution in [1.82, 2.24) is 0 Å². The Balaban J connectivity index is 2.36. The number of fused-ring (bicyclic) bond motifs is 1. The van der Waals surface area contributed by atoms with Gasteiger partial charge < -0.3 is 10.1 Å². The molecule has 0 saturated heterocycles. The van der Waals surface area contributed by atoms with Crippen molar-refractivity contribution < 1.29 is 9.53 Å². The number of ether oxygens (including phenoxy) is 1. The smallest absolute Gasteiger partial charge is 0.212 e. The van der Waals surface area contributed by atoms with Crippen LogP contribution in [-0.2, 0) is 4.79 Å². The van der Waals surface area contributed by atoms with Crippen LogP contribution in [0.5, 0.6) is 5.75 Å². The molecule has 1 aromatic carbocycles. The van der Waals surface area contributed by atoms with Crippen molar-refractivity contribution in [2.45, 2.75) is 4.90 Å². The molecule has 68 valence electrons. The second kappa shape index (κ2) is 3.30. The molecular weight excluding hydrogens is 186 g/mol. The second-order valence-electron chi connectivity index (χ2n) is 2.69. The molecule has 0 fully saturated rings. The fourth-order valence-corrected chi connectivity index (χ4v) is 1.96. The third-order valence-corrected chi connectivity index (χ3v) is 2.78. The summed E-state index contributed by atoms with van der Waals surface area (Å²) in [5, 5.41) is 3.19. The van der Waals surface area contributed by atoms with Gasteiger partial charge in [0.15, 0.2) is 0 Å². The number of rotatable bonds is 1. The van der Waals surface area contributed by atoms with Crippen LogP contribution in [0.15, 0.2) is 23.1 Å². The van der Waals surface area contributed by atoms with E-state index in [1.54, 1.807) is 7.11 Å². The highest BCUT2D eigenvalue weighted by Crippen LogP contribution is 2.34. The van der Waals surface area contributed by atoms with Gasteiger partial charge in [-0.2, -0.15) is 0 Å². The lowest BCUT2D eigenvalue weighted by Gasteiger charge is -2.16. The predicted molar refractivity (Wildman–Crippen MR) is 52.3 cm³/mol. The average Bonchev–Trinajstić information content (AvgIpc) is 2.17. The molecule has 1 aromatic rings. The van der Waals surface area contributed by atoms with E-state index in [1.807, 2.05) is 18.2 Å². The molecule has 1 heterocycles. The molecule has 0 aliphatic carbocycles. The van der Waals surface area contributed by atoms with E-state index in [0.717, 1.165) is 16.3 Å². The van der Waals surface area contributed by atoms with Crippen molar-refractivity contribution in [2.24, 2.45) is 0 Å². The Kier molecular flexibility index (Phi) is 2.14. The summed E-state index contributed by atoms with van der Waals surface area (Å²) >= 11 is 1.27. The zero-order chi connectivity index (χ0) is 9.26. The van der Waals surface area contributed by atoms with Crippen molar-refractivity contribution in [2.75, 3.05) is 19.0 Å². The van der Waals surface area contributed by atoms with Gasteiger partial charge >= 0.3 is 0 Å². The van der Waals surface area contributed by atoms with Crippen LogP contribution in [0.2, 0.25) is 0 Å². The summed E-state index contributed by atoms with van der Waals surface area (Å²) in [6.45, 7) is 0.394. The summed E-state index contributed by atoms with van der Waals surface area (Å²) in [5.74, 6) is 0.807. The summed E-state index contributed by atoms with van der Waals surface area (Å²) < 4.78 is 5.07. The molecule has 0 radical (unpaired) electrons. The number of carbonyl (C=O) groups is 1. The fraction of sp³-hybridized carbons (Fsp3) is 0.222. The van der Waals surface area contributed by atoms with E-state index in [2.05, 4.69) is 5.32 Å². The average molecular weight is 195 g/mol. The monoisotopic (exact) mass is 195 g/mol. The van der Waals surface area contributed by atoms with Gasteiger partial charge in [0.05, 0.1) is 19.3 Å². The van der Waals surface area contributed by atoms with Gasteiger partial charge in [-0.25, -0.2) is 0 Å². The molecule has 1 aliphatic heterocycles. The molecule has 0 aromatic heterocycles. The van der Waals surface area contributed by atoms with Crippen LogP contribution in [0.4, 0.5) is 5.69 Å². The summed E-state index contributed by atoms with van der Waals surface area (Å²) in [6, 6.07) is 5.64. The highest BCUT2D eigenvalue weighted by Gasteiger charge is 2.15. The molecule has 4 heteroatoms. The first-order valence-corrected chi connectivity index (χ1v) is 4.74. The molecule has 0 bridgehead atoms. The highest BCUT2D eigenvalue weighted by atomic mass is 32.2. The van der Waals surface area contributed by atoms with Gasteiger partial charge in [-0.15, -0.1) is 0 Å². The SMILES string of the molecule is COc1ccc2c(c1)NCC(=O)S2. The molecule has 0 saturated carbocycles. The van der Waals surface area contributed by atoms with Crippen LogP contribution >= 0.6 is 11.8 Å². The van der Waals surface area contributed by atoms with E-state index >= 15 is 0 Å². The number of thioether (sulfide) groups is 1. The molecule has 0 atom stereocenters. The zero-order valence-corrected chi connectivity index (χ0v) is 7.98. The van der Waals surface area contributed by atoms with Gasteiger partial charge in [-0.05, 0) is 23.9 Å². The van der Waals surface area contributed by atoms with Crippen molar-refractivity contribution >= 4 is 22.6 Å². The number of anilines is 1. The van der Waals surface area contributed by atoms with Crippen molar-refractivity contribution in [1.29, 1.82) is 0 Å². The molecule has 3 nitrogen and oxygen atoms in total. The molecule has 0 spiro atoms. The summed E-state index contributed by atoms with van der Waals surface area (Å²) in [6.07, 6.45) is 0. The number of carbonyl (C=O) groups excluding carboxylic acids is 1. The minimum Gasteiger partial charge on any atom is -0.497 e. The van der Waals surface area contributed by atoms with Crippen LogP contribution in [-0.4, -0.2) is 18.8 Å². The van der Waals surface area contributed by atoms with Gasteiger partial charge in [-0.1, -0.05) is 0 Å². The number of methoxy groups -OCH3 is 1. The molecule has 0 unspecified atom stereocenters. The summed E-state index contributed by atoms with van der Waals surface area (Å²) in [7, 11) is 1.63. The first-order chi connectivity index (χ1) is 6.29.